The molecule has 166 valence electrons. The van der Waals surface area contributed by atoms with Gasteiger partial charge >= 0.3 is 6.03 Å². The van der Waals surface area contributed by atoms with E-state index in [0.29, 0.717) is 36.5 Å². The number of imide groups is 1. The third-order valence-electron chi connectivity index (χ3n) is 5.01. The molecule has 1 saturated heterocycles. The SMILES string of the molecule is C=CCn1c(COc2cc(C)ccc2C(C)C)nnc1S[C@H](C)C(=O)N1CCNC1=O. The van der Waals surface area contributed by atoms with Gasteiger partial charge in [0, 0.05) is 19.6 Å². The summed E-state index contributed by atoms with van der Waals surface area (Å²) in [6.45, 7) is 13.5. The maximum absolute atomic E-state index is 12.6. The van der Waals surface area contributed by atoms with E-state index in [1.54, 1.807) is 13.0 Å². The number of allylic oxidation sites excluding steroid dienone is 1. The minimum Gasteiger partial charge on any atom is -0.485 e. The predicted molar refractivity (Wildman–Crippen MR) is 120 cm³/mol. The van der Waals surface area contributed by atoms with Crippen LogP contribution >= 0.6 is 11.8 Å². The summed E-state index contributed by atoms with van der Waals surface area (Å²) in [5, 5.41) is 11.3. The minimum atomic E-state index is -0.477. The first-order valence-corrected chi connectivity index (χ1v) is 11.2. The van der Waals surface area contributed by atoms with Crippen LogP contribution in [0, 0.1) is 6.92 Å². The van der Waals surface area contributed by atoms with Crippen molar-refractivity contribution in [3.8, 4) is 5.75 Å². The zero-order valence-electron chi connectivity index (χ0n) is 18.4. The highest BCUT2D eigenvalue weighted by atomic mass is 32.2. The number of hydrogen-bond donors (Lipinski definition) is 1. The molecule has 0 spiro atoms. The van der Waals surface area contributed by atoms with Crippen LogP contribution in [0.3, 0.4) is 0 Å². The van der Waals surface area contributed by atoms with Crippen LogP contribution in [-0.4, -0.2) is 49.9 Å². The molecule has 0 bridgehead atoms. The minimum absolute atomic E-state index is 0.243. The summed E-state index contributed by atoms with van der Waals surface area (Å²) >= 11 is 1.27. The Morgan fingerprint density at radius 1 is 1.35 bits per heavy atom. The first-order valence-electron chi connectivity index (χ1n) is 10.3. The van der Waals surface area contributed by atoms with Crippen LogP contribution in [0.4, 0.5) is 4.79 Å². The largest absolute Gasteiger partial charge is 0.485 e. The number of carbonyl (C=O) groups is 2. The van der Waals surface area contributed by atoms with Crippen molar-refractivity contribution < 1.29 is 14.3 Å². The van der Waals surface area contributed by atoms with Crippen molar-refractivity contribution in [3.05, 3.63) is 47.8 Å². The lowest BCUT2D eigenvalue weighted by Gasteiger charge is -2.17. The quantitative estimate of drug-likeness (QED) is 0.471. The molecule has 1 aromatic carbocycles. The Morgan fingerprint density at radius 3 is 2.77 bits per heavy atom. The van der Waals surface area contributed by atoms with E-state index in [9.17, 15) is 9.59 Å². The first-order chi connectivity index (χ1) is 14.8. The number of hydrogen-bond acceptors (Lipinski definition) is 6. The summed E-state index contributed by atoms with van der Waals surface area (Å²) < 4.78 is 8.00. The maximum Gasteiger partial charge on any atom is 0.324 e. The molecule has 8 nitrogen and oxygen atoms in total. The van der Waals surface area contributed by atoms with Gasteiger partial charge in [0.2, 0.25) is 5.91 Å². The van der Waals surface area contributed by atoms with Crippen LogP contribution in [0.25, 0.3) is 0 Å². The highest BCUT2D eigenvalue weighted by molar-refractivity contribution is 8.00. The van der Waals surface area contributed by atoms with E-state index in [1.165, 1.54) is 16.7 Å². The smallest absolute Gasteiger partial charge is 0.324 e. The highest BCUT2D eigenvalue weighted by Gasteiger charge is 2.31. The second-order valence-electron chi connectivity index (χ2n) is 7.76. The molecule has 3 amide bonds. The van der Waals surface area contributed by atoms with Gasteiger partial charge in [-0.1, -0.05) is 43.8 Å². The summed E-state index contributed by atoms with van der Waals surface area (Å²) in [6.07, 6.45) is 1.75. The van der Waals surface area contributed by atoms with Gasteiger partial charge in [0.05, 0.1) is 5.25 Å². The summed E-state index contributed by atoms with van der Waals surface area (Å²) in [5.74, 6) is 1.58. The molecule has 1 aliphatic heterocycles. The van der Waals surface area contributed by atoms with E-state index >= 15 is 0 Å². The number of nitrogens with zero attached hydrogens (tertiary/aromatic N) is 4. The molecule has 3 rings (SSSR count). The van der Waals surface area contributed by atoms with Gasteiger partial charge in [-0.2, -0.15) is 0 Å². The number of carbonyl (C=O) groups excluding carboxylic acids is 2. The summed E-state index contributed by atoms with van der Waals surface area (Å²) in [4.78, 5) is 25.6. The molecule has 31 heavy (non-hydrogen) atoms. The van der Waals surface area contributed by atoms with Crippen LogP contribution in [-0.2, 0) is 17.9 Å². The second-order valence-corrected chi connectivity index (χ2v) is 9.07. The van der Waals surface area contributed by atoms with Crippen LogP contribution < -0.4 is 10.1 Å². The average Bonchev–Trinajstić information content (AvgIpc) is 3.32. The molecule has 0 aliphatic carbocycles. The predicted octanol–water partition coefficient (Wildman–Crippen LogP) is 3.51. The van der Waals surface area contributed by atoms with E-state index in [1.807, 2.05) is 17.6 Å². The van der Waals surface area contributed by atoms with Gasteiger partial charge in [0.1, 0.15) is 12.4 Å². The zero-order chi connectivity index (χ0) is 22.5. The molecule has 0 radical (unpaired) electrons. The molecule has 2 aromatic rings. The number of aryl methyl sites for hydroxylation is 1. The molecule has 0 saturated carbocycles. The Bertz CT molecular complexity index is 972. The van der Waals surface area contributed by atoms with Crippen molar-refractivity contribution in [1.82, 2.24) is 25.0 Å². The van der Waals surface area contributed by atoms with Crippen LogP contribution in [0.2, 0.25) is 0 Å². The molecule has 1 aliphatic rings. The topological polar surface area (TPSA) is 89.3 Å². The molecule has 9 heteroatoms. The van der Waals surface area contributed by atoms with Gasteiger partial charge in [-0.05, 0) is 37.0 Å². The fraction of sp³-hybridized carbons (Fsp3) is 0.455. The second kappa shape index (κ2) is 10.00. The average molecular weight is 444 g/mol. The van der Waals surface area contributed by atoms with Crippen molar-refractivity contribution in [1.29, 1.82) is 0 Å². The fourth-order valence-electron chi connectivity index (χ4n) is 3.32. The van der Waals surface area contributed by atoms with Crippen LogP contribution in [0.1, 0.15) is 43.6 Å². The first kappa shape index (κ1) is 22.9. The Balaban J connectivity index is 1.75. The van der Waals surface area contributed by atoms with E-state index in [0.717, 1.165) is 16.9 Å². The standard InChI is InChI=1S/C22H29N5O3S/c1-6-10-26-19(13-30-18-12-15(4)7-8-17(18)14(2)3)24-25-22(26)31-16(5)20(28)27-11-9-23-21(27)29/h6-8,12,14,16H,1,9-11,13H2,2-5H3,(H,23,29)/t16-/m1/s1. The lowest BCUT2D eigenvalue weighted by molar-refractivity contribution is -0.126. The number of urea groups is 1. The summed E-state index contributed by atoms with van der Waals surface area (Å²) in [6, 6.07) is 5.85. The third-order valence-corrected chi connectivity index (χ3v) is 6.07. The number of thioether (sulfide) groups is 1. The van der Waals surface area contributed by atoms with E-state index in [4.69, 9.17) is 4.74 Å². The molecule has 1 N–H and O–H groups in total. The van der Waals surface area contributed by atoms with Gasteiger partial charge in [-0.15, -0.1) is 16.8 Å². The monoisotopic (exact) mass is 443 g/mol. The molecular formula is C22H29N5O3S. The van der Waals surface area contributed by atoms with E-state index in [2.05, 4.69) is 48.1 Å². The Kier molecular flexibility index (Phi) is 7.37. The zero-order valence-corrected chi connectivity index (χ0v) is 19.2. The lowest BCUT2D eigenvalue weighted by Crippen LogP contribution is -2.39. The van der Waals surface area contributed by atoms with Crippen molar-refractivity contribution in [2.45, 2.75) is 57.2 Å². The number of ether oxygens (including phenoxy) is 1. The maximum atomic E-state index is 12.6. The van der Waals surface area contributed by atoms with Crippen molar-refractivity contribution in [2.24, 2.45) is 0 Å². The third kappa shape index (κ3) is 5.28. The molecular weight excluding hydrogens is 414 g/mol. The normalized spacial score (nSPS) is 14.6. The van der Waals surface area contributed by atoms with Gasteiger partial charge < -0.3 is 10.1 Å². The highest BCUT2D eigenvalue weighted by Crippen LogP contribution is 2.29. The number of nitrogens with one attached hydrogen (secondary N) is 1. The number of aromatic nitrogens is 3. The van der Waals surface area contributed by atoms with E-state index < -0.39 is 5.25 Å². The molecule has 1 atom stereocenters. The molecule has 0 unspecified atom stereocenters. The Hall–Kier alpha value is -2.81. The molecule has 1 aromatic heterocycles. The van der Waals surface area contributed by atoms with Crippen molar-refractivity contribution in [2.75, 3.05) is 13.1 Å². The van der Waals surface area contributed by atoms with Gasteiger partial charge in [0.25, 0.3) is 0 Å². The van der Waals surface area contributed by atoms with Crippen molar-refractivity contribution >= 4 is 23.7 Å². The summed E-state index contributed by atoms with van der Waals surface area (Å²) in [5.41, 5.74) is 2.26. The van der Waals surface area contributed by atoms with Gasteiger partial charge in [-0.3, -0.25) is 14.3 Å². The molecule has 2 heterocycles. The summed E-state index contributed by atoms with van der Waals surface area (Å²) in [7, 11) is 0. The van der Waals surface area contributed by atoms with Crippen molar-refractivity contribution in [3.63, 3.8) is 0 Å². The van der Waals surface area contributed by atoms with Crippen LogP contribution in [0.5, 0.6) is 5.75 Å². The van der Waals surface area contributed by atoms with E-state index in [-0.39, 0.29) is 18.5 Å². The molecule has 1 fully saturated rings. The fourth-order valence-corrected chi connectivity index (χ4v) is 4.26. The number of benzene rings is 1. The van der Waals surface area contributed by atoms with Gasteiger partial charge in [-0.25, -0.2) is 4.79 Å². The van der Waals surface area contributed by atoms with Crippen LogP contribution in [0.15, 0.2) is 36.0 Å². The van der Waals surface area contributed by atoms with Gasteiger partial charge in [0.15, 0.2) is 11.0 Å². The number of amides is 3. The lowest BCUT2D eigenvalue weighted by atomic mass is 10.0. The number of rotatable bonds is 9. The Labute approximate surface area is 187 Å². The Morgan fingerprint density at radius 2 is 2.13 bits per heavy atom.